The summed E-state index contributed by atoms with van der Waals surface area (Å²) in [5.74, 6) is 0. The van der Waals surface area contributed by atoms with Crippen LogP contribution in [0.15, 0.2) is 140 Å². The average Bonchev–Trinajstić information content (AvgIpc) is 3.41. The molecule has 9 rings (SSSR count). The molecule has 0 saturated carbocycles. The minimum Gasteiger partial charge on any atom is -0.340 e. The van der Waals surface area contributed by atoms with Crippen LogP contribution < -0.4 is 4.90 Å². The number of anilines is 2. The van der Waals surface area contributed by atoms with Gasteiger partial charge in [-0.3, -0.25) is 0 Å². The minimum absolute atomic E-state index is 0.996. The quantitative estimate of drug-likeness (QED) is 0.190. The minimum atomic E-state index is 0.996. The molecule has 44 heavy (non-hydrogen) atoms. The van der Waals surface area contributed by atoms with Crippen molar-refractivity contribution in [3.8, 4) is 5.69 Å². The van der Waals surface area contributed by atoms with Crippen LogP contribution >= 0.6 is 0 Å². The van der Waals surface area contributed by atoms with Crippen molar-refractivity contribution in [3.63, 3.8) is 0 Å². The molecule has 0 unspecified atom stereocenters. The lowest BCUT2D eigenvalue weighted by Gasteiger charge is -2.31. The zero-order valence-electron chi connectivity index (χ0n) is 24.6. The molecule has 2 heterocycles. The Morgan fingerprint density at radius 3 is 1.95 bits per heavy atom. The van der Waals surface area contributed by atoms with Gasteiger partial charge in [-0.2, -0.15) is 0 Å². The lowest BCUT2D eigenvalue weighted by molar-refractivity contribution is 0.742. The highest BCUT2D eigenvalue weighted by molar-refractivity contribution is 6.23. The molecule has 0 aliphatic carbocycles. The monoisotopic (exact) mass is 564 g/mol. The van der Waals surface area contributed by atoms with E-state index in [1.807, 2.05) is 0 Å². The van der Waals surface area contributed by atoms with Gasteiger partial charge in [0.1, 0.15) is 0 Å². The van der Waals surface area contributed by atoms with Crippen molar-refractivity contribution >= 4 is 71.1 Å². The van der Waals surface area contributed by atoms with E-state index >= 15 is 0 Å². The Balaban J connectivity index is 1.28. The highest BCUT2D eigenvalue weighted by Crippen LogP contribution is 2.43. The maximum atomic E-state index is 4.46. The van der Waals surface area contributed by atoms with Crippen LogP contribution in [0.5, 0.6) is 0 Å². The predicted molar refractivity (Wildman–Crippen MR) is 190 cm³/mol. The van der Waals surface area contributed by atoms with Gasteiger partial charge < -0.3 is 9.47 Å². The van der Waals surface area contributed by atoms with Gasteiger partial charge in [0.25, 0.3) is 0 Å². The molecule has 1 aliphatic heterocycles. The van der Waals surface area contributed by atoms with E-state index in [1.54, 1.807) is 0 Å². The van der Waals surface area contributed by atoms with Crippen LogP contribution in [-0.4, -0.2) is 11.1 Å². The van der Waals surface area contributed by atoms with E-state index in [9.17, 15) is 0 Å². The van der Waals surface area contributed by atoms with Crippen LogP contribution in [0.3, 0.4) is 0 Å². The molecule has 0 fully saturated rings. The maximum absolute atomic E-state index is 4.46. The topological polar surface area (TPSA) is 8.17 Å². The number of para-hydroxylation sites is 3. The number of fused-ring (bicyclic) bond motifs is 9. The molecule has 0 saturated heterocycles. The van der Waals surface area contributed by atoms with E-state index < -0.39 is 0 Å². The zero-order chi connectivity index (χ0) is 29.2. The normalized spacial score (nSPS) is 14.0. The summed E-state index contributed by atoms with van der Waals surface area (Å²) in [5, 5.41) is 10.3. The van der Waals surface area contributed by atoms with Gasteiger partial charge in [-0.05, 0) is 88.2 Å². The number of nitrogens with zero attached hydrogens (tertiary/aromatic N) is 2. The summed E-state index contributed by atoms with van der Waals surface area (Å²) >= 11 is 0. The first-order valence-electron chi connectivity index (χ1n) is 15.7. The summed E-state index contributed by atoms with van der Waals surface area (Å²) in [6.07, 6.45) is 3.36. The summed E-state index contributed by atoms with van der Waals surface area (Å²) < 4.78 is 2.41. The summed E-state index contributed by atoms with van der Waals surface area (Å²) in [6.45, 7) is 5.46. The smallest absolute Gasteiger partial charge is 0.0541 e. The van der Waals surface area contributed by atoms with Crippen molar-refractivity contribution in [2.24, 2.45) is 0 Å². The summed E-state index contributed by atoms with van der Waals surface area (Å²) in [5.41, 5.74) is 8.70. The lowest BCUT2D eigenvalue weighted by Crippen LogP contribution is -2.21. The van der Waals surface area contributed by atoms with Crippen LogP contribution in [0.1, 0.15) is 24.8 Å². The Hall–Kier alpha value is -5.34. The van der Waals surface area contributed by atoms with Gasteiger partial charge in [0.05, 0.1) is 11.0 Å². The molecule has 210 valence electrons. The SMILES string of the molecule is C=C1CCCCN(c2cc3ccc4cc(-n5c6ccccc6c6ccccc65)ccc4c3c3ccccc23)c2ccccc21. The van der Waals surface area contributed by atoms with E-state index in [0.717, 1.165) is 25.8 Å². The summed E-state index contributed by atoms with van der Waals surface area (Å²) in [6, 6.07) is 49.2. The fourth-order valence-corrected chi connectivity index (χ4v) is 7.59. The van der Waals surface area contributed by atoms with Crippen molar-refractivity contribution in [1.82, 2.24) is 4.57 Å². The Kier molecular flexibility index (Phi) is 5.64. The fraction of sp³-hybridized carbons (Fsp3) is 0.0952. The second kappa shape index (κ2) is 9.86. The van der Waals surface area contributed by atoms with E-state index in [2.05, 4.69) is 150 Å². The molecule has 8 aromatic rings. The van der Waals surface area contributed by atoms with Crippen LogP contribution in [0.25, 0.3) is 65.4 Å². The molecule has 1 aliphatic rings. The molecule has 0 N–H and O–H groups in total. The van der Waals surface area contributed by atoms with Crippen molar-refractivity contribution in [2.75, 3.05) is 11.4 Å². The highest BCUT2D eigenvalue weighted by atomic mass is 15.1. The van der Waals surface area contributed by atoms with Crippen molar-refractivity contribution in [1.29, 1.82) is 0 Å². The number of hydrogen-bond donors (Lipinski definition) is 0. The summed E-state index contributed by atoms with van der Waals surface area (Å²) in [4.78, 5) is 2.54. The first kappa shape index (κ1) is 25.2. The molecule has 0 amide bonds. The van der Waals surface area contributed by atoms with Gasteiger partial charge in [-0.15, -0.1) is 0 Å². The molecule has 0 atom stereocenters. The Morgan fingerprint density at radius 2 is 1.16 bits per heavy atom. The molecule has 7 aromatic carbocycles. The number of benzene rings is 7. The molecule has 0 bridgehead atoms. The third kappa shape index (κ3) is 3.74. The largest absolute Gasteiger partial charge is 0.340 e. The van der Waals surface area contributed by atoms with E-state index in [1.165, 1.54) is 82.3 Å². The van der Waals surface area contributed by atoms with Crippen LogP contribution in [0.4, 0.5) is 11.4 Å². The van der Waals surface area contributed by atoms with Crippen molar-refractivity contribution in [3.05, 3.63) is 146 Å². The first-order chi connectivity index (χ1) is 21.8. The zero-order valence-corrected chi connectivity index (χ0v) is 24.6. The van der Waals surface area contributed by atoms with Crippen LogP contribution in [-0.2, 0) is 0 Å². The fourth-order valence-electron chi connectivity index (χ4n) is 7.59. The van der Waals surface area contributed by atoms with Gasteiger partial charge >= 0.3 is 0 Å². The molecular weight excluding hydrogens is 532 g/mol. The molecule has 2 nitrogen and oxygen atoms in total. The number of allylic oxidation sites excluding steroid dienone is 1. The Labute approximate surface area is 257 Å². The van der Waals surface area contributed by atoms with Crippen LogP contribution in [0, 0.1) is 0 Å². The second-order valence-electron chi connectivity index (χ2n) is 12.1. The van der Waals surface area contributed by atoms with Crippen LogP contribution in [0.2, 0.25) is 0 Å². The third-order valence-corrected chi connectivity index (χ3v) is 9.62. The second-order valence-corrected chi connectivity index (χ2v) is 12.1. The lowest BCUT2D eigenvalue weighted by atomic mass is 9.93. The average molecular weight is 565 g/mol. The van der Waals surface area contributed by atoms with Gasteiger partial charge in [0.2, 0.25) is 0 Å². The first-order valence-corrected chi connectivity index (χ1v) is 15.7. The summed E-state index contributed by atoms with van der Waals surface area (Å²) in [7, 11) is 0. The van der Waals surface area contributed by atoms with Gasteiger partial charge in [0.15, 0.2) is 0 Å². The van der Waals surface area contributed by atoms with Crippen molar-refractivity contribution < 1.29 is 0 Å². The number of rotatable bonds is 2. The van der Waals surface area contributed by atoms with E-state index in [4.69, 9.17) is 0 Å². The van der Waals surface area contributed by atoms with E-state index in [0.29, 0.717) is 0 Å². The number of aromatic nitrogens is 1. The van der Waals surface area contributed by atoms with Gasteiger partial charge in [-0.1, -0.05) is 104 Å². The van der Waals surface area contributed by atoms with Gasteiger partial charge in [0, 0.05) is 45.3 Å². The molecule has 0 spiro atoms. The number of hydrogen-bond acceptors (Lipinski definition) is 1. The predicted octanol–water partition coefficient (Wildman–Crippen LogP) is 11.6. The Bertz CT molecular complexity index is 2370. The molecule has 1 aromatic heterocycles. The highest BCUT2D eigenvalue weighted by Gasteiger charge is 2.21. The molecule has 2 heteroatoms. The van der Waals surface area contributed by atoms with Crippen molar-refractivity contribution in [2.45, 2.75) is 19.3 Å². The maximum Gasteiger partial charge on any atom is 0.0541 e. The standard InChI is InChI=1S/C42H32N2/c1-28-12-10-11-25-43(38-18-7-4-13-32(28)38)41-27-30-22-21-29-26-31(23-24-33(29)42(30)37-17-3-2-16-36(37)41)44-39-19-8-5-14-34(39)35-15-6-9-20-40(35)44/h2-9,13-24,26-27H,1,10-12,25H2. The Morgan fingerprint density at radius 1 is 0.500 bits per heavy atom. The van der Waals surface area contributed by atoms with E-state index in [-0.39, 0.29) is 0 Å². The molecule has 0 radical (unpaired) electrons. The third-order valence-electron chi connectivity index (χ3n) is 9.62. The van der Waals surface area contributed by atoms with Gasteiger partial charge in [-0.25, -0.2) is 0 Å². The molecular formula is C42H32N2.